The molecule has 4 aromatic rings. The number of nitrogens with zero attached hydrogens (tertiary/aromatic N) is 5. The summed E-state index contributed by atoms with van der Waals surface area (Å²) >= 11 is 1.52. The average Bonchev–Trinajstić information content (AvgIpc) is 3.49. The van der Waals surface area contributed by atoms with E-state index in [-0.39, 0.29) is 23.4 Å². The fraction of sp³-hybridized carbons (Fsp3) is 0.304. The van der Waals surface area contributed by atoms with E-state index in [1.165, 1.54) is 22.8 Å². The van der Waals surface area contributed by atoms with Crippen LogP contribution in [0.3, 0.4) is 0 Å². The average molecular weight is 463 g/mol. The largest absolute Gasteiger partial charge is 0.481 e. The van der Waals surface area contributed by atoms with Crippen LogP contribution >= 0.6 is 11.3 Å². The normalized spacial score (nSPS) is 18.5. The molecule has 3 N–H and O–H groups in total. The van der Waals surface area contributed by atoms with Crippen LogP contribution in [-0.2, 0) is 4.79 Å². The number of thiazole rings is 1. The Morgan fingerprint density at radius 1 is 1.15 bits per heavy atom. The van der Waals surface area contributed by atoms with Gasteiger partial charge in [-0.3, -0.25) is 14.6 Å². The molecule has 1 aliphatic carbocycles. The highest BCUT2D eigenvalue weighted by Gasteiger charge is 2.31. The SMILES string of the molecule is CC(=O)c1c(N)n2ncc(-c3ccc(-c4nccs4)nc3)c2nc1[C@H]1CC[C@H](C(=O)O)CC1. The second kappa shape index (κ2) is 8.36. The van der Waals surface area contributed by atoms with E-state index >= 15 is 0 Å². The van der Waals surface area contributed by atoms with Crippen molar-refractivity contribution in [2.45, 2.75) is 38.5 Å². The summed E-state index contributed by atoms with van der Waals surface area (Å²) in [5, 5.41) is 16.5. The molecule has 1 fully saturated rings. The van der Waals surface area contributed by atoms with Gasteiger partial charge in [0.1, 0.15) is 10.8 Å². The van der Waals surface area contributed by atoms with Gasteiger partial charge in [0.15, 0.2) is 11.4 Å². The zero-order chi connectivity index (χ0) is 23.1. The number of hydrogen-bond acceptors (Lipinski definition) is 8. The Morgan fingerprint density at radius 2 is 1.94 bits per heavy atom. The van der Waals surface area contributed by atoms with Gasteiger partial charge >= 0.3 is 5.97 Å². The Kier molecular flexibility index (Phi) is 5.37. The number of aliphatic carboxylic acids is 1. The topological polar surface area (TPSA) is 136 Å². The highest BCUT2D eigenvalue weighted by Crippen LogP contribution is 2.39. The maximum absolute atomic E-state index is 12.5. The molecular formula is C23H22N6O3S. The van der Waals surface area contributed by atoms with Gasteiger partial charge in [-0.1, -0.05) is 6.07 Å². The summed E-state index contributed by atoms with van der Waals surface area (Å²) in [7, 11) is 0. The Bertz CT molecular complexity index is 1340. The minimum Gasteiger partial charge on any atom is -0.481 e. The molecule has 168 valence electrons. The molecule has 1 aliphatic rings. The number of rotatable bonds is 5. The maximum atomic E-state index is 12.5. The van der Waals surface area contributed by atoms with E-state index in [9.17, 15) is 14.7 Å². The van der Waals surface area contributed by atoms with Crippen molar-refractivity contribution in [1.82, 2.24) is 24.6 Å². The van der Waals surface area contributed by atoms with Crippen LogP contribution in [0.25, 0.3) is 27.5 Å². The van der Waals surface area contributed by atoms with Crippen molar-refractivity contribution in [2.75, 3.05) is 5.73 Å². The Balaban J connectivity index is 1.57. The van der Waals surface area contributed by atoms with Crippen molar-refractivity contribution >= 4 is 34.6 Å². The number of carboxylic acid groups (broad SMARTS) is 1. The molecule has 4 heterocycles. The summed E-state index contributed by atoms with van der Waals surface area (Å²) in [6.07, 6.45) is 7.57. The molecule has 0 radical (unpaired) electrons. The first-order chi connectivity index (χ1) is 15.9. The number of carboxylic acids is 1. The van der Waals surface area contributed by atoms with Crippen molar-refractivity contribution in [3.8, 4) is 21.8 Å². The summed E-state index contributed by atoms with van der Waals surface area (Å²) in [5.41, 5.74) is 10.3. The van der Waals surface area contributed by atoms with Gasteiger partial charge in [0.05, 0.1) is 29.1 Å². The van der Waals surface area contributed by atoms with Crippen molar-refractivity contribution in [1.29, 1.82) is 0 Å². The van der Waals surface area contributed by atoms with E-state index in [4.69, 9.17) is 10.7 Å². The number of Topliss-reactive ketones (excluding diaryl/α,β-unsaturated/α-hetero) is 1. The van der Waals surface area contributed by atoms with Gasteiger partial charge in [0.2, 0.25) is 0 Å². The molecule has 0 bridgehead atoms. The Labute approximate surface area is 193 Å². The summed E-state index contributed by atoms with van der Waals surface area (Å²) in [4.78, 5) is 37.6. The highest BCUT2D eigenvalue weighted by molar-refractivity contribution is 7.13. The number of pyridine rings is 1. The lowest BCUT2D eigenvalue weighted by molar-refractivity contribution is -0.142. The molecule has 0 aromatic carbocycles. The van der Waals surface area contributed by atoms with Crippen LogP contribution < -0.4 is 5.73 Å². The van der Waals surface area contributed by atoms with Crippen LogP contribution in [0.2, 0.25) is 0 Å². The van der Waals surface area contributed by atoms with Gasteiger partial charge in [0.25, 0.3) is 0 Å². The summed E-state index contributed by atoms with van der Waals surface area (Å²) in [6.45, 7) is 1.47. The van der Waals surface area contributed by atoms with Crippen molar-refractivity contribution in [2.24, 2.45) is 5.92 Å². The first-order valence-electron chi connectivity index (χ1n) is 10.7. The molecular weight excluding hydrogens is 440 g/mol. The lowest BCUT2D eigenvalue weighted by Crippen LogP contribution is -2.23. The van der Waals surface area contributed by atoms with Gasteiger partial charge in [-0.15, -0.1) is 11.3 Å². The number of ketones is 1. The Hall–Kier alpha value is -3.66. The number of aromatic nitrogens is 5. The first kappa shape index (κ1) is 21.2. The number of nitrogens with two attached hydrogens (primary N) is 1. The van der Waals surface area contributed by atoms with Crippen LogP contribution in [0.15, 0.2) is 36.1 Å². The van der Waals surface area contributed by atoms with Crippen molar-refractivity contribution in [3.05, 3.63) is 47.4 Å². The third kappa shape index (κ3) is 3.76. The second-order valence-corrected chi connectivity index (χ2v) is 9.16. The number of hydrogen-bond donors (Lipinski definition) is 2. The predicted molar refractivity (Wildman–Crippen MR) is 124 cm³/mol. The van der Waals surface area contributed by atoms with Gasteiger partial charge in [-0.25, -0.2) is 9.97 Å². The number of anilines is 1. The fourth-order valence-electron chi connectivity index (χ4n) is 4.54. The quantitative estimate of drug-likeness (QED) is 0.424. The molecule has 9 nitrogen and oxygen atoms in total. The summed E-state index contributed by atoms with van der Waals surface area (Å²) in [5.74, 6) is -1.07. The number of fused-ring (bicyclic) bond motifs is 1. The number of nitrogen functional groups attached to an aromatic ring is 1. The minimum atomic E-state index is -0.769. The smallest absolute Gasteiger partial charge is 0.306 e. The third-order valence-corrected chi connectivity index (χ3v) is 7.05. The van der Waals surface area contributed by atoms with Gasteiger partial charge < -0.3 is 10.8 Å². The van der Waals surface area contributed by atoms with Gasteiger partial charge in [-0.2, -0.15) is 9.61 Å². The molecule has 0 aliphatic heterocycles. The van der Waals surface area contributed by atoms with E-state index in [1.807, 2.05) is 17.5 Å². The van der Waals surface area contributed by atoms with E-state index < -0.39 is 5.97 Å². The first-order valence-corrected chi connectivity index (χ1v) is 11.6. The fourth-order valence-corrected chi connectivity index (χ4v) is 5.15. The summed E-state index contributed by atoms with van der Waals surface area (Å²) < 4.78 is 1.49. The summed E-state index contributed by atoms with van der Waals surface area (Å²) in [6, 6.07) is 3.84. The van der Waals surface area contributed by atoms with E-state index in [1.54, 1.807) is 18.6 Å². The van der Waals surface area contributed by atoms with Gasteiger partial charge in [0, 0.05) is 34.8 Å². The van der Waals surface area contributed by atoms with Crippen molar-refractivity contribution in [3.63, 3.8) is 0 Å². The van der Waals surface area contributed by atoms with E-state index in [2.05, 4.69) is 15.1 Å². The zero-order valence-electron chi connectivity index (χ0n) is 17.9. The van der Waals surface area contributed by atoms with Crippen LogP contribution in [-0.4, -0.2) is 41.4 Å². The zero-order valence-corrected chi connectivity index (χ0v) is 18.7. The number of carbonyl (C=O) groups excluding carboxylic acids is 1. The molecule has 0 unspecified atom stereocenters. The Morgan fingerprint density at radius 3 is 2.55 bits per heavy atom. The molecule has 0 atom stereocenters. The molecule has 33 heavy (non-hydrogen) atoms. The predicted octanol–water partition coefficient (Wildman–Crippen LogP) is 4.06. The van der Waals surface area contributed by atoms with E-state index in [0.29, 0.717) is 42.6 Å². The number of carbonyl (C=O) groups is 2. The van der Waals surface area contributed by atoms with Crippen LogP contribution in [0.5, 0.6) is 0 Å². The molecule has 1 saturated carbocycles. The van der Waals surface area contributed by atoms with Crippen molar-refractivity contribution < 1.29 is 14.7 Å². The highest BCUT2D eigenvalue weighted by atomic mass is 32.1. The molecule has 0 amide bonds. The van der Waals surface area contributed by atoms with Crippen LogP contribution in [0, 0.1) is 5.92 Å². The molecule has 0 saturated heterocycles. The lowest BCUT2D eigenvalue weighted by Gasteiger charge is -2.27. The van der Waals surface area contributed by atoms with Gasteiger partial charge in [-0.05, 0) is 38.7 Å². The molecule has 10 heteroatoms. The third-order valence-electron chi connectivity index (χ3n) is 6.25. The standard InChI is InChI=1S/C23H22N6O3S/c1-12(30)18-19(13-2-4-14(5-3-13)23(31)32)28-21-16(11-27-29(21)20(18)24)15-6-7-17(26-10-15)22-25-8-9-33-22/h6-11,13-14H,2-5,24H2,1H3,(H,31,32)/t13-,14-. The minimum absolute atomic E-state index is 0.0278. The van der Waals surface area contributed by atoms with Crippen LogP contribution in [0.4, 0.5) is 5.82 Å². The molecule has 4 aromatic heterocycles. The van der Waals surface area contributed by atoms with E-state index in [0.717, 1.165) is 21.8 Å². The molecule has 5 rings (SSSR count). The second-order valence-electron chi connectivity index (χ2n) is 8.26. The maximum Gasteiger partial charge on any atom is 0.306 e. The monoisotopic (exact) mass is 462 g/mol. The van der Waals surface area contributed by atoms with Crippen LogP contribution in [0.1, 0.15) is 54.6 Å². The lowest BCUT2D eigenvalue weighted by atomic mass is 9.79. The molecule has 0 spiro atoms.